The predicted molar refractivity (Wildman–Crippen MR) is 86.9 cm³/mol. The number of methoxy groups -OCH3 is 1. The fourth-order valence-corrected chi connectivity index (χ4v) is 3.72. The molecule has 6 heteroatoms. The number of esters is 1. The minimum Gasteiger partial charge on any atom is -0.465 e. The van der Waals surface area contributed by atoms with Crippen LogP contribution >= 0.6 is 12.4 Å². The van der Waals surface area contributed by atoms with Crippen molar-refractivity contribution in [3.8, 4) is 0 Å². The number of halogens is 1. The van der Waals surface area contributed by atoms with Gasteiger partial charge < -0.3 is 10.5 Å². The van der Waals surface area contributed by atoms with E-state index in [9.17, 15) is 4.79 Å². The zero-order valence-electron chi connectivity index (χ0n) is 12.9. The molecule has 0 spiro atoms. The Kier molecular flexibility index (Phi) is 5.78. The summed E-state index contributed by atoms with van der Waals surface area (Å²) in [6, 6.07) is 4.06. The first-order valence-electron chi connectivity index (χ1n) is 7.68. The van der Waals surface area contributed by atoms with E-state index in [2.05, 4.69) is 14.6 Å². The van der Waals surface area contributed by atoms with Crippen molar-refractivity contribution in [2.75, 3.05) is 20.2 Å². The molecule has 1 aliphatic carbocycles. The maximum absolute atomic E-state index is 11.4. The molecule has 0 amide bonds. The van der Waals surface area contributed by atoms with Gasteiger partial charge in [-0.1, -0.05) is 6.42 Å². The molecule has 0 bridgehead atoms. The van der Waals surface area contributed by atoms with Gasteiger partial charge in [-0.15, -0.1) is 12.4 Å². The number of pyridine rings is 1. The third-order valence-electron chi connectivity index (χ3n) is 4.86. The lowest BCUT2D eigenvalue weighted by Gasteiger charge is -2.29. The highest BCUT2D eigenvalue weighted by molar-refractivity contribution is 5.88. The van der Waals surface area contributed by atoms with E-state index < -0.39 is 0 Å². The number of rotatable bonds is 3. The molecule has 3 rings (SSSR count). The number of hydrogen-bond donors (Lipinski definition) is 1. The van der Waals surface area contributed by atoms with Crippen LogP contribution < -0.4 is 5.73 Å². The summed E-state index contributed by atoms with van der Waals surface area (Å²) in [5.74, 6) is 1.06. The summed E-state index contributed by atoms with van der Waals surface area (Å²) in [4.78, 5) is 18.2. The van der Waals surface area contributed by atoms with Gasteiger partial charge in [-0.3, -0.25) is 9.88 Å². The average Bonchev–Trinajstić information content (AvgIpc) is 2.91. The molecule has 1 aromatic heterocycles. The number of fused-ring (bicyclic) bond motifs is 1. The Labute approximate surface area is 137 Å². The molecule has 3 unspecified atom stereocenters. The van der Waals surface area contributed by atoms with E-state index in [1.54, 1.807) is 12.3 Å². The lowest BCUT2D eigenvalue weighted by atomic mass is 9.78. The van der Waals surface area contributed by atoms with Gasteiger partial charge in [-0.05, 0) is 36.8 Å². The second-order valence-corrected chi connectivity index (χ2v) is 6.24. The van der Waals surface area contributed by atoms with Crippen LogP contribution in [-0.2, 0) is 11.3 Å². The van der Waals surface area contributed by atoms with Crippen molar-refractivity contribution in [3.05, 3.63) is 29.6 Å². The molecular weight excluding hydrogens is 302 g/mol. The number of carbonyl (C=O) groups excluding carboxylic acids is 1. The lowest BCUT2D eigenvalue weighted by molar-refractivity contribution is 0.0600. The Morgan fingerprint density at radius 1 is 1.41 bits per heavy atom. The number of nitrogens with zero attached hydrogens (tertiary/aromatic N) is 2. The van der Waals surface area contributed by atoms with Crippen molar-refractivity contribution in [3.63, 3.8) is 0 Å². The molecule has 2 heterocycles. The molecule has 2 N–H and O–H groups in total. The fraction of sp³-hybridized carbons (Fsp3) is 0.625. The largest absolute Gasteiger partial charge is 0.465 e. The predicted octanol–water partition coefficient (Wildman–Crippen LogP) is 1.85. The van der Waals surface area contributed by atoms with Crippen molar-refractivity contribution in [2.45, 2.75) is 31.8 Å². The minimum atomic E-state index is -0.341. The molecule has 0 radical (unpaired) electrons. The van der Waals surface area contributed by atoms with Crippen molar-refractivity contribution in [1.29, 1.82) is 0 Å². The summed E-state index contributed by atoms with van der Waals surface area (Å²) in [6.07, 6.45) is 5.34. The van der Waals surface area contributed by atoms with E-state index in [1.807, 2.05) is 6.07 Å². The molecule has 5 nitrogen and oxygen atoms in total. The van der Waals surface area contributed by atoms with Crippen LogP contribution in [0.3, 0.4) is 0 Å². The number of nitrogens with two attached hydrogens (primary N) is 1. The second-order valence-electron chi connectivity index (χ2n) is 6.24. The first-order valence-corrected chi connectivity index (χ1v) is 7.68. The molecule has 2 fully saturated rings. The number of carbonyl (C=O) groups is 1. The van der Waals surface area contributed by atoms with Crippen molar-refractivity contribution in [1.82, 2.24) is 9.88 Å². The van der Waals surface area contributed by atoms with E-state index in [1.165, 1.54) is 26.4 Å². The first-order chi connectivity index (χ1) is 10.2. The molecule has 1 saturated heterocycles. The SMILES string of the molecule is COC(=O)c1ccc(CN2CC3CCCC(N)C3C2)nc1.Cl. The number of ether oxygens (including phenoxy) is 1. The van der Waals surface area contributed by atoms with Crippen LogP contribution in [-0.4, -0.2) is 42.1 Å². The summed E-state index contributed by atoms with van der Waals surface area (Å²) < 4.78 is 4.68. The fourth-order valence-electron chi connectivity index (χ4n) is 3.72. The number of hydrogen-bond acceptors (Lipinski definition) is 5. The third-order valence-corrected chi connectivity index (χ3v) is 4.86. The molecule has 1 aliphatic heterocycles. The Morgan fingerprint density at radius 2 is 2.23 bits per heavy atom. The molecule has 122 valence electrons. The second kappa shape index (κ2) is 7.40. The van der Waals surface area contributed by atoms with Gasteiger partial charge in [0.1, 0.15) is 0 Å². The molecule has 1 saturated carbocycles. The normalized spacial score (nSPS) is 27.8. The van der Waals surface area contributed by atoms with Crippen LogP contribution in [0.2, 0.25) is 0 Å². The highest BCUT2D eigenvalue weighted by Crippen LogP contribution is 2.35. The van der Waals surface area contributed by atoms with Gasteiger partial charge in [0.2, 0.25) is 0 Å². The van der Waals surface area contributed by atoms with Crippen LogP contribution in [0, 0.1) is 11.8 Å². The van der Waals surface area contributed by atoms with Gasteiger partial charge in [0.15, 0.2) is 0 Å². The first kappa shape index (κ1) is 17.2. The van der Waals surface area contributed by atoms with Gasteiger partial charge in [0.25, 0.3) is 0 Å². The molecule has 0 aromatic carbocycles. The van der Waals surface area contributed by atoms with Crippen LogP contribution in [0.1, 0.15) is 35.3 Å². The highest BCUT2D eigenvalue weighted by atomic mass is 35.5. The zero-order valence-corrected chi connectivity index (χ0v) is 13.7. The topological polar surface area (TPSA) is 68.5 Å². The van der Waals surface area contributed by atoms with Gasteiger partial charge in [0, 0.05) is 31.9 Å². The Hall–Kier alpha value is -1.17. The van der Waals surface area contributed by atoms with Crippen LogP contribution in [0.5, 0.6) is 0 Å². The lowest BCUT2D eigenvalue weighted by Crippen LogP contribution is -2.38. The third kappa shape index (κ3) is 3.59. The monoisotopic (exact) mass is 325 g/mol. The molecule has 3 atom stereocenters. The standard InChI is InChI=1S/C16H23N3O2.ClH/c1-21-16(20)11-5-6-13(18-7-11)9-19-8-12-3-2-4-15(17)14(12)10-19;/h5-7,12,14-15H,2-4,8-10,17H2,1H3;1H. The highest BCUT2D eigenvalue weighted by Gasteiger charge is 2.38. The molecular formula is C16H24ClN3O2. The van der Waals surface area contributed by atoms with E-state index >= 15 is 0 Å². The summed E-state index contributed by atoms with van der Waals surface area (Å²) in [6.45, 7) is 3.03. The minimum absolute atomic E-state index is 0. The maximum atomic E-state index is 11.4. The zero-order chi connectivity index (χ0) is 14.8. The molecule has 1 aromatic rings. The van der Waals surface area contributed by atoms with Crippen molar-refractivity contribution in [2.24, 2.45) is 17.6 Å². The Bertz CT molecular complexity index is 509. The summed E-state index contributed by atoms with van der Waals surface area (Å²) in [5, 5.41) is 0. The van der Waals surface area contributed by atoms with E-state index in [0.717, 1.165) is 31.2 Å². The Morgan fingerprint density at radius 3 is 2.86 bits per heavy atom. The van der Waals surface area contributed by atoms with Crippen LogP contribution in [0.15, 0.2) is 18.3 Å². The summed E-state index contributed by atoms with van der Waals surface area (Å²) >= 11 is 0. The van der Waals surface area contributed by atoms with Gasteiger partial charge in [-0.25, -0.2) is 4.79 Å². The quantitative estimate of drug-likeness (QED) is 0.859. The van der Waals surface area contributed by atoms with Gasteiger partial charge in [-0.2, -0.15) is 0 Å². The van der Waals surface area contributed by atoms with E-state index in [0.29, 0.717) is 17.5 Å². The molecule has 22 heavy (non-hydrogen) atoms. The number of likely N-dealkylation sites (tertiary alicyclic amines) is 1. The van der Waals surface area contributed by atoms with Gasteiger partial charge in [0.05, 0.1) is 18.4 Å². The summed E-state index contributed by atoms with van der Waals surface area (Å²) in [7, 11) is 1.38. The van der Waals surface area contributed by atoms with E-state index in [-0.39, 0.29) is 18.4 Å². The van der Waals surface area contributed by atoms with Crippen molar-refractivity contribution >= 4 is 18.4 Å². The van der Waals surface area contributed by atoms with Crippen LogP contribution in [0.25, 0.3) is 0 Å². The van der Waals surface area contributed by atoms with Crippen LogP contribution in [0.4, 0.5) is 0 Å². The summed E-state index contributed by atoms with van der Waals surface area (Å²) in [5.41, 5.74) is 7.74. The molecule has 2 aliphatic rings. The maximum Gasteiger partial charge on any atom is 0.339 e. The number of aromatic nitrogens is 1. The Balaban J connectivity index is 0.00000176. The average molecular weight is 326 g/mol. The van der Waals surface area contributed by atoms with Crippen molar-refractivity contribution < 1.29 is 9.53 Å². The van der Waals surface area contributed by atoms with Gasteiger partial charge >= 0.3 is 5.97 Å². The van der Waals surface area contributed by atoms with E-state index in [4.69, 9.17) is 5.73 Å². The smallest absolute Gasteiger partial charge is 0.339 e.